The van der Waals surface area contributed by atoms with Crippen LogP contribution in [0, 0.1) is 11.7 Å². The van der Waals surface area contributed by atoms with Crippen LogP contribution in [0.4, 0.5) is 10.1 Å². The van der Waals surface area contributed by atoms with Crippen molar-refractivity contribution in [3.63, 3.8) is 0 Å². The molecule has 14 heavy (non-hydrogen) atoms. The van der Waals surface area contributed by atoms with Gasteiger partial charge in [-0.1, -0.05) is 13.3 Å². The Morgan fingerprint density at radius 1 is 1.21 bits per heavy atom. The molecule has 2 heteroatoms. The van der Waals surface area contributed by atoms with Crippen LogP contribution in [0.5, 0.6) is 0 Å². The number of hydrogen-bond acceptors (Lipinski definition) is 1. The van der Waals surface area contributed by atoms with Crippen LogP contribution < -0.4 is 5.32 Å². The summed E-state index contributed by atoms with van der Waals surface area (Å²) >= 11 is 0. The smallest absolute Gasteiger partial charge is 0.123 e. The molecule has 0 amide bonds. The first-order valence-electron chi connectivity index (χ1n) is 5.28. The van der Waals surface area contributed by atoms with Crippen molar-refractivity contribution in [2.45, 2.75) is 32.2 Å². The average molecular weight is 193 g/mol. The third-order valence-electron chi connectivity index (χ3n) is 3.06. The largest absolute Gasteiger partial charge is 0.382 e. The van der Waals surface area contributed by atoms with Gasteiger partial charge in [-0.15, -0.1) is 0 Å². The van der Waals surface area contributed by atoms with Gasteiger partial charge < -0.3 is 5.32 Å². The predicted molar refractivity (Wildman–Crippen MR) is 56.8 cm³/mol. The molecule has 0 saturated heterocycles. The summed E-state index contributed by atoms with van der Waals surface area (Å²) in [6.07, 6.45) is 3.84. The van der Waals surface area contributed by atoms with Crippen molar-refractivity contribution in [2.75, 3.05) is 5.32 Å². The summed E-state index contributed by atoms with van der Waals surface area (Å²) in [7, 11) is 0. The van der Waals surface area contributed by atoms with Gasteiger partial charge in [0.1, 0.15) is 5.82 Å². The third kappa shape index (κ3) is 2.06. The van der Waals surface area contributed by atoms with Crippen LogP contribution in [-0.2, 0) is 0 Å². The zero-order valence-corrected chi connectivity index (χ0v) is 8.46. The number of halogens is 1. The minimum atomic E-state index is -0.171. The van der Waals surface area contributed by atoms with Gasteiger partial charge in [0, 0.05) is 11.7 Å². The van der Waals surface area contributed by atoms with Gasteiger partial charge in [-0.3, -0.25) is 0 Å². The van der Waals surface area contributed by atoms with Crippen LogP contribution in [0.25, 0.3) is 0 Å². The van der Waals surface area contributed by atoms with Gasteiger partial charge in [0.15, 0.2) is 0 Å². The molecule has 1 saturated carbocycles. The normalized spacial score (nSPS) is 26.4. The lowest BCUT2D eigenvalue weighted by atomic mass is 10.1. The summed E-state index contributed by atoms with van der Waals surface area (Å²) in [5.41, 5.74) is 1.03. The van der Waals surface area contributed by atoms with E-state index >= 15 is 0 Å². The van der Waals surface area contributed by atoms with E-state index in [0.29, 0.717) is 6.04 Å². The maximum atomic E-state index is 12.6. The molecule has 0 bridgehead atoms. The quantitative estimate of drug-likeness (QED) is 0.758. The number of rotatable bonds is 2. The van der Waals surface area contributed by atoms with Crippen molar-refractivity contribution in [1.82, 2.24) is 0 Å². The molecule has 76 valence electrons. The molecular weight excluding hydrogens is 177 g/mol. The van der Waals surface area contributed by atoms with E-state index in [1.807, 2.05) is 0 Å². The fourth-order valence-corrected chi connectivity index (χ4v) is 2.12. The summed E-state index contributed by atoms with van der Waals surface area (Å²) < 4.78 is 12.6. The lowest BCUT2D eigenvalue weighted by Crippen LogP contribution is -2.21. The average Bonchev–Trinajstić information content (AvgIpc) is 2.56. The Kier molecular flexibility index (Phi) is 2.71. The van der Waals surface area contributed by atoms with Crippen LogP contribution in [-0.4, -0.2) is 6.04 Å². The number of hydrogen-bond donors (Lipinski definition) is 1. The summed E-state index contributed by atoms with van der Waals surface area (Å²) in [5.74, 6) is 0.565. The maximum absolute atomic E-state index is 12.6. The molecule has 1 aromatic rings. The zero-order valence-electron chi connectivity index (χ0n) is 8.46. The Balaban J connectivity index is 2.00. The Labute approximate surface area is 84.3 Å². The SMILES string of the molecule is C[C@@H]1CCC[C@@H]1Nc1ccc(F)cc1. The first kappa shape index (κ1) is 9.50. The molecule has 2 atom stereocenters. The molecule has 0 aliphatic heterocycles. The van der Waals surface area contributed by atoms with Gasteiger partial charge in [-0.05, 0) is 43.0 Å². The molecule has 1 aromatic carbocycles. The molecule has 1 nitrogen and oxygen atoms in total. The number of anilines is 1. The summed E-state index contributed by atoms with van der Waals surface area (Å²) in [4.78, 5) is 0. The van der Waals surface area contributed by atoms with Crippen LogP contribution in [0.3, 0.4) is 0 Å². The van der Waals surface area contributed by atoms with Crippen LogP contribution in [0.1, 0.15) is 26.2 Å². The summed E-state index contributed by atoms with van der Waals surface area (Å²) in [6, 6.07) is 7.19. The molecule has 0 aromatic heterocycles. The molecule has 1 N–H and O–H groups in total. The first-order chi connectivity index (χ1) is 6.75. The van der Waals surface area contributed by atoms with Crippen molar-refractivity contribution in [3.8, 4) is 0 Å². The Morgan fingerprint density at radius 2 is 1.93 bits per heavy atom. The molecule has 0 heterocycles. The van der Waals surface area contributed by atoms with Gasteiger partial charge >= 0.3 is 0 Å². The molecule has 0 unspecified atom stereocenters. The second-order valence-electron chi connectivity index (χ2n) is 4.17. The first-order valence-corrected chi connectivity index (χ1v) is 5.28. The summed E-state index contributed by atoms with van der Waals surface area (Å²) in [5, 5.41) is 3.45. The number of benzene rings is 1. The van der Waals surface area contributed by atoms with Crippen molar-refractivity contribution in [1.29, 1.82) is 0 Å². The highest BCUT2D eigenvalue weighted by Crippen LogP contribution is 2.27. The van der Waals surface area contributed by atoms with Gasteiger partial charge in [0.2, 0.25) is 0 Å². The van der Waals surface area contributed by atoms with Gasteiger partial charge in [-0.2, -0.15) is 0 Å². The highest BCUT2D eigenvalue weighted by Gasteiger charge is 2.22. The van der Waals surface area contributed by atoms with Crippen molar-refractivity contribution in [2.24, 2.45) is 5.92 Å². The Morgan fingerprint density at radius 3 is 2.50 bits per heavy atom. The second-order valence-corrected chi connectivity index (χ2v) is 4.17. The lowest BCUT2D eigenvalue weighted by Gasteiger charge is -2.18. The molecule has 1 fully saturated rings. The second kappa shape index (κ2) is 3.99. The molecule has 0 spiro atoms. The molecule has 1 aliphatic carbocycles. The highest BCUT2D eigenvalue weighted by molar-refractivity contribution is 5.44. The molecule has 2 rings (SSSR count). The van der Waals surface area contributed by atoms with E-state index in [1.54, 1.807) is 12.1 Å². The van der Waals surface area contributed by atoms with Crippen LogP contribution >= 0.6 is 0 Å². The minimum Gasteiger partial charge on any atom is -0.382 e. The van der Waals surface area contributed by atoms with Gasteiger partial charge in [-0.25, -0.2) is 4.39 Å². The van der Waals surface area contributed by atoms with Crippen LogP contribution in [0.2, 0.25) is 0 Å². The van der Waals surface area contributed by atoms with E-state index in [9.17, 15) is 4.39 Å². The van der Waals surface area contributed by atoms with E-state index < -0.39 is 0 Å². The fourth-order valence-electron chi connectivity index (χ4n) is 2.12. The molecular formula is C12H16FN. The predicted octanol–water partition coefficient (Wildman–Crippen LogP) is 3.43. The fraction of sp³-hybridized carbons (Fsp3) is 0.500. The summed E-state index contributed by atoms with van der Waals surface area (Å²) in [6.45, 7) is 2.27. The molecule has 1 aliphatic rings. The third-order valence-corrected chi connectivity index (χ3v) is 3.06. The zero-order chi connectivity index (χ0) is 9.97. The molecule has 0 radical (unpaired) electrons. The van der Waals surface area contributed by atoms with E-state index in [0.717, 1.165) is 11.6 Å². The highest BCUT2D eigenvalue weighted by atomic mass is 19.1. The lowest BCUT2D eigenvalue weighted by molar-refractivity contribution is 0.556. The van der Waals surface area contributed by atoms with E-state index in [4.69, 9.17) is 0 Å². The van der Waals surface area contributed by atoms with Crippen molar-refractivity contribution in [3.05, 3.63) is 30.1 Å². The maximum Gasteiger partial charge on any atom is 0.123 e. The number of nitrogens with one attached hydrogen (secondary N) is 1. The van der Waals surface area contributed by atoms with E-state index in [2.05, 4.69) is 12.2 Å². The van der Waals surface area contributed by atoms with Gasteiger partial charge in [0.25, 0.3) is 0 Å². The van der Waals surface area contributed by atoms with E-state index in [1.165, 1.54) is 31.4 Å². The van der Waals surface area contributed by atoms with Crippen molar-refractivity contribution < 1.29 is 4.39 Å². The Hall–Kier alpha value is -1.05. The van der Waals surface area contributed by atoms with E-state index in [-0.39, 0.29) is 5.82 Å². The van der Waals surface area contributed by atoms with Gasteiger partial charge in [0.05, 0.1) is 0 Å². The standard InChI is InChI=1S/C12H16FN/c1-9-3-2-4-12(9)14-11-7-5-10(13)6-8-11/h5-9,12,14H,2-4H2,1H3/t9-,12+/m1/s1. The topological polar surface area (TPSA) is 12.0 Å². The minimum absolute atomic E-state index is 0.171. The van der Waals surface area contributed by atoms with Crippen LogP contribution in [0.15, 0.2) is 24.3 Å². The Bertz CT molecular complexity index is 294. The monoisotopic (exact) mass is 193 g/mol. The van der Waals surface area contributed by atoms with Crippen molar-refractivity contribution >= 4 is 5.69 Å².